The van der Waals surface area contributed by atoms with Crippen LogP contribution in [-0.4, -0.2) is 86.9 Å². The highest BCUT2D eigenvalue weighted by Gasteiger charge is 2.67. The highest BCUT2D eigenvalue weighted by molar-refractivity contribution is 14.1. The number of carboxylic acids is 1. The molecule has 7 atom stereocenters. The molecule has 52 heavy (non-hydrogen) atoms. The third kappa shape index (κ3) is 6.21. The summed E-state index contributed by atoms with van der Waals surface area (Å²) in [4.78, 5) is 53.7. The minimum Gasteiger partial charge on any atom is -0.481 e. The maximum absolute atomic E-state index is 15.0. The molecule has 2 amide bonds. The number of amides is 2. The van der Waals surface area contributed by atoms with Crippen LogP contribution >= 0.6 is 22.6 Å². The maximum atomic E-state index is 15.0. The third-order valence-electron chi connectivity index (χ3n) is 11.8. The Labute approximate surface area is 310 Å². The van der Waals surface area contributed by atoms with Crippen molar-refractivity contribution in [3.05, 3.63) is 56.9 Å². The summed E-state index contributed by atoms with van der Waals surface area (Å²) in [7, 11) is 0. The van der Waals surface area contributed by atoms with Crippen LogP contribution in [-0.2, 0) is 24.0 Å². The van der Waals surface area contributed by atoms with Crippen LogP contribution in [0.2, 0.25) is 0 Å². The monoisotopic (exact) mass is 841 g/mol. The number of aliphatic carboxylic acids is 1. The Morgan fingerprint density at radius 1 is 0.981 bits per heavy atom. The van der Waals surface area contributed by atoms with Crippen molar-refractivity contribution in [3.8, 4) is 0 Å². The van der Waals surface area contributed by atoms with Crippen molar-refractivity contribution in [3.63, 3.8) is 0 Å². The number of piperidine rings is 1. The summed E-state index contributed by atoms with van der Waals surface area (Å²) in [5.41, 5.74) is -2.40. The average molecular weight is 842 g/mol. The molecule has 4 unspecified atom stereocenters. The second kappa shape index (κ2) is 13.3. The van der Waals surface area contributed by atoms with Gasteiger partial charge in [0.1, 0.15) is 17.5 Å². The van der Waals surface area contributed by atoms with Gasteiger partial charge in [-0.25, -0.2) is 18.0 Å². The highest BCUT2D eigenvalue weighted by atomic mass is 127. The molecule has 280 valence electrons. The number of fused-ring (bicyclic) bond motifs is 3. The van der Waals surface area contributed by atoms with Gasteiger partial charge in [-0.3, -0.25) is 9.59 Å². The number of carbonyl (C=O) groups is 3. The standard InChI is InChI=1S/C36H39F3IN3O9/c37-25-8-7-22(30(29(25)39)41-27-9-6-20(40)14-26(27)38)31(44)42-17-34(48,18-42)28-5-1-2-11-43(28)33(47)49-21-4-3-10-35(16-21)50-36(52-51-35)15-19-12-23(32(45)46)24(36)13-19/h6-9,14,19,21,23-24,28,41,48H,1-5,10-13,15-18H2,(H,45,46)/t19?,21-,23?,24?,28+,35-,36?/m1/s1. The van der Waals surface area contributed by atoms with Gasteiger partial charge in [0.15, 0.2) is 11.6 Å². The molecular formula is C36H39F3IN3O9. The summed E-state index contributed by atoms with van der Waals surface area (Å²) in [6, 6.07) is 5.39. The lowest BCUT2D eigenvalue weighted by molar-refractivity contribution is -0.365. The number of ether oxygens (including phenoxy) is 2. The molecule has 6 fully saturated rings. The number of nitrogens with one attached hydrogen (secondary N) is 1. The molecule has 8 rings (SSSR count). The van der Waals surface area contributed by atoms with Crippen molar-refractivity contribution >= 4 is 51.9 Å². The summed E-state index contributed by atoms with van der Waals surface area (Å²) in [6.07, 6.45) is 4.41. The molecule has 3 aliphatic heterocycles. The Bertz CT molecular complexity index is 1800. The van der Waals surface area contributed by atoms with E-state index in [0.717, 1.165) is 18.6 Å². The van der Waals surface area contributed by atoms with E-state index in [0.29, 0.717) is 61.5 Å². The highest BCUT2D eigenvalue weighted by Crippen LogP contribution is 2.61. The first-order valence-electron chi connectivity index (χ1n) is 17.8. The number of rotatable bonds is 6. The Morgan fingerprint density at radius 3 is 2.54 bits per heavy atom. The molecule has 3 saturated heterocycles. The van der Waals surface area contributed by atoms with Crippen LogP contribution in [0.1, 0.15) is 74.6 Å². The first-order chi connectivity index (χ1) is 24.8. The summed E-state index contributed by atoms with van der Waals surface area (Å²) < 4.78 is 57.1. The number of β-amino-alcohol motifs (C(OH)–C–C–N with tert-alkyl or cyclic N) is 1. The smallest absolute Gasteiger partial charge is 0.410 e. The molecule has 0 aromatic heterocycles. The summed E-state index contributed by atoms with van der Waals surface area (Å²) >= 11 is 1.91. The zero-order valence-electron chi connectivity index (χ0n) is 28.1. The van der Waals surface area contributed by atoms with Crippen molar-refractivity contribution in [2.24, 2.45) is 17.8 Å². The molecule has 6 aliphatic rings. The van der Waals surface area contributed by atoms with E-state index in [1.165, 1.54) is 21.9 Å². The number of nitrogens with zero attached hydrogens (tertiary/aromatic N) is 2. The van der Waals surface area contributed by atoms with Gasteiger partial charge in [0.2, 0.25) is 11.6 Å². The number of benzene rings is 2. The van der Waals surface area contributed by atoms with Crippen molar-refractivity contribution in [2.75, 3.05) is 25.0 Å². The Balaban J connectivity index is 0.922. The van der Waals surface area contributed by atoms with Crippen molar-refractivity contribution in [2.45, 2.75) is 93.5 Å². The van der Waals surface area contributed by atoms with Crippen LogP contribution < -0.4 is 5.32 Å². The number of carboxylic acid groups (broad SMARTS) is 1. The molecule has 0 radical (unpaired) electrons. The first kappa shape index (κ1) is 35.8. The van der Waals surface area contributed by atoms with E-state index in [4.69, 9.17) is 19.2 Å². The number of halogens is 4. The van der Waals surface area contributed by atoms with Crippen LogP contribution in [0.4, 0.5) is 29.3 Å². The van der Waals surface area contributed by atoms with Gasteiger partial charge in [0.05, 0.1) is 42.0 Å². The SMILES string of the molecule is O=C(O)C1CC2CC1C1(C2)OO[C@@]2(CCC[C@@H](OC(=O)N3CCCC[C@H]3C3(O)CN(C(=O)c4ccc(F)c(F)c4Nc4ccc(I)cc4F)C3)C2)O1. The van der Waals surface area contributed by atoms with Crippen LogP contribution in [0, 0.1) is 38.8 Å². The van der Waals surface area contributed by atoms with E-state index in [1.807, 2.05) is 22.6 Å². The fourth-order valence-electron chi connectivity index (χ4n) is 9.39. The summed E-state index contributed by atoms with van der Waals surface area (Å²) in [5, 5.41) is 24.0. The van der Waals surface area contributed by atoms with Crippen molar-refractivity contribution in [1.29, 1.82) is 0 Å². The zero-order chi connectivity index (χ0) is 36.6. The Hall–Kier alpha value is -3.19. The van der Waals surface area contributed by atoms with Gasteiger partial charge in [-0.15, -0.1) is 0 Å². The van der Waals surface area contributed by atoms with E-state index < -0.39 is 76.3 Å². The van der Waals surface area contributed by atoms with Crippen molar-refractivity contribution in [1.82, 2.24) is 9.80 Å². The normalized spacial score (nSPS) is 33.4. The predicted molar refractivity (Wildman–Crippen MR) is 183 cm³/mol. The lowest BCUT2D eigenvalue weighted by Gasteiger charge is -2.54. The number of hydrogen-bond donors (Lipinski definition) is 3. The predicted octanol–water partition coefficient (Wildman–Crippen LogP) is 6.07. The molecule has 12 nitrogen and oxygen atoms in total. The summed E-state index contributed by atoms with van der Waals surface area (Å²) in [5.74, 6) is -7.83. The molecule has 3 heterocycles. The first-order valence-corrected chi connectivity index (χ1v) is 18.9. The number of hydrogen-bond acceptors (Lipinski definition) is 9. The van der Waals surface area contributed by atoms with E-state index in [2.05, 4.69) is 5.32 Å². The molecule has 3 aliphatic carbocycles. The molecule has 3 saturated carbocycles. The summed E-state index contributed by atoms with van der Waals surface area (Å²) in [6.45, 7) is -0.0250. The average Bonchev–Trinajstić information content (AvgIpc) is 3.78. The molecule has 3 N–H and O–H groups in total. The minimum atomic E-state index is -1.49. The minimum absolute atomic E-state index is 0.144. The second-order valence-corrected chi connectivity index (χ2v) is 16.4. The molecule has 2 bridgehead atoms. The van der Waals surface area contributed by atoms with Gasteiger partial charge in [-0.1, -0.05) is 0 Å². The fourth-order valence-corrected chi connectivity index (χ4v) is 9.84. The van der Waals surface area contributed by atoms with E-state index in [-0.39, 0.29) is 42.6 Å². The Morgan fingerprint density at radius 2 is 1.79 bits per heavy atom. The number of likely N-dealkylation sites (tertiary alicyclic amines) is 2. The van der Waals surface area contributed by atoms with Crippen LogP contribution in [0.25, 0.3) is 0 Å². The molecule has 2 aromatic rings. The van der Waals surface area contributed by atoms with Crippen LogP contribution in [0.5, 0.6) is 0 Å². The molecule has 2 spiro atoms. The second-order valence-electron chi connectivity index (χ2n) is 15.2. The van der Waals surface area contributed by atoms with Crippen LogP contribution in [0.3, 0.4) is 0 Å². The third-order valence-corrected chi connectivity index (χ3v) is 12.5. The van der Waals surface area contributed by atoms with Crippen LogP contribution in [0.15, 0.2) is 30.3 Å². The van der Waals surface area contributed by atoms with Gasteiger partial charge in [0, 0.05) is 35.3 Å². The fraction of sp³-hybridized carbons (Fsp3) is 0.583. The number of carbonyl (C=O) groups excluding carboxylic acids is 2. The molecule has 2 aromatic carbocycles. The molecule has 16 heteroatoms. The molecular weight excluding hydrogens is 802 g/mol. The number of anilines is 2. The largest absolute Gasteiger partial charge is 0.481 e. The van der Waals surface area contributed by atoms with E-state index >= 15 is 4.39 Å². The van der Waals surface area contributed by atoms with Crippen molar-refractivity contribution < 1.29 is 57.0 Å². The zero-order valence-corrected chi connectivity index (χ0v) is 30.3. The lowest BCUT2D eigenvalue weighted by Crippen LogP contribution is -2.73. The van der Waals surface area contributed by atoms with E-state index in [9.17, 15) is 33.4 Å². The lowest BCUT2D eigenvalue weighted by atomic mass is 9.80. The van der Waals surface area contributed by atoms with Gasteiger partial charge >= 0.3 is 12.1 Å². The Kier molecular flexibility index (Phi) is 9.15. The van der Waals surface area contributed by atoms with Gasteiger partial charge in [-0.05, 0) is 104 Å². The number of aliphatic hydroxyl groups is 1. The van der Waals surface area contributed by atoms with Gasteiger partial charge in [-0.2, -0.15) is 9.78 Å². The van der Waals surface area contributed by atoms with E-state index in [1.54, 1.807) is 6.07 Å². The van der Waals surface area contributed by atoms with Gasteiger partial charge < -0.3 is 34.8 Å². The maximum Gasteiger partial charge on any atom is 0.410 e. The van der Waals surface area contributed by atoms with Gasteiger partial charge in [0.25, 0.3) is 5.91 Å². The quantitative estimate of drug-likeness (QED) is 0.231. The topological polar surface area (TPSA) is 147 Å².